The number of ether oxygens (including phenoxy) is 2. The van der Waals surface area contributed by atoms with E-state index in [0.717, 1.165) is 11.3 Å². The monoisotopic (exact) mass is 414 g/mol. The fraction of sp³-hybridized carbons (Fsp3) is 0.150. The summed E-state index contributed by atoms with van der Waals surface area (Å²) in [6.07, 6.45) is 3.51. The Morgan fingerprint density at radius 1 is 1.00 bits per heavy atom. The molecule has 1 aromatic heterocycles. The van der Waals surface area contributed by atoms with E-state index in [1.54, 1.807) is 25.1 Å². The standard InChI is InChI=1S/C20H19N2O3.BrH/c1-24-19-9-8-16(12-20(19)25-2)17-10-11-22(14-21-17)13-18(23)15-6-4-3-5-7-15;/h3-12,14H,13H2,1-2H3;1H/q+1;/p-1. The smallest absolute Gasteiger partial charge is 0.287 e. The lowest BCUT2D eigenvalue weighted by molar-refractivity contribution is -0.686. The number of carbonyl (C=O) groups excluding carboxylic acids is 1. The summed E-state index contributed by atoms with van der Waals surface area (Å²) in [6, 6.07) is 16.7. The molecule has 0 fully saturated rings. The highest BCUT2D eigenvalue weighted by atomic mass is 79.9. The van der Waals surface area contributed by atoms with E-state index in [9.17, 15) is 4.79 Å². The Kier molecular flexibility index (Phi) is 6.86. The molecule has 26 heavy (non-hydrogen) atoms. The Morgan fingerprint density at radius 2 is 1.73 bits per heavy atom. The topological polar surface area (TPSA) is 52.3 Å². The minimum absolute atomic E-state index is 0. The van der Waals surface area contributed by atoms with E-state index < -0.39 is 0 Å². The van der Waals surface area contributed by atoms with Crippen molar-refractivity contribution in [1.82, 2.24) is 4.98 Å². The lowest BCUT2D eigenvalue weighted by atomic mass is 10.1. The van der Waals surface area contributed by atoms with Gasteiger partial charge in [0, 0.05) is 17.2 Å². The number of Topliss-reactive ketones (excluding diaryl/α,β-unsaturated/α-hetero) is 1. The predicted octanol–water partition coefficient (Wildman–Crippen LogP) is -0.0598. The summed E-state index contributed by atoms with van der Waals surface area (Å²) in [7, 11) is 3.20. The van der Waals surface area contributed by atoms with E-state index in [1.807, 2.05) is 60.8 Å². The van der Waals surface area contributed by atoms with E-state index in [-0.39, 0.29) is 29.3 Å². The Balaban J connectivity index is 0.00000243. The number of nitrogens with zero attached hydrogens (tertiary/aromatic N) is 2. The van der Waals surface area contributed by atoms with Crippen LogP contribution in [0.1, 0.15) is 10.4 Å². The summed E-state index contributed by atoms with van der Waals surface area (Å²) in [4.78, 5) is 16.7. The molecule has 5 nitrogen and oxygen atoms in total. The normalized spacial score (nSPS) is 9.92. The lowest BCUT2D eigenvalue weighted by Crippen LogP contribution is -3.00. The first-order valence-corrected chi connectivity index (χ1v) is 7.87. The highest BCUT2D eigenvalue weighted by Gasteiger charge is 2.13. The zero-order valence-corrected chi connectivity index (χ0v) is 16.1. The van der Waals surface area contributed by atoms with Crippen LogP contribution in [0.4, 0.5) is 0 Å². The Morgan fingerprint density at radius 3 is 2.35 bits per heavy atom. The molecule has 3 aromatic rings. The number of rotatable bonds is 6. The summed E-state index contributed by atoms with van der Waals surface area (Å²) in [5, 5.41) is 0. The van der Waals surface area contributed by atoms with Gasteiger partial charge in [-0.05, 0) is 23.2 Å². The number of methoxy groups -OCH3 is 2. The average molecular weight is 415 g/mol. The van der Waals surface area contributed by atoms with Crippen molar-refractivity contribution in [3.8, 4) is 22.8 Å². The highest BCUT2D eigenvalue weighted by Crippen LogP contribution is 2.31. The fourth-order valence-electron chi connectivity index (χ4n) is 2.53. The van der Waals surface area contributed by atoms with E-state index in [4.69, 9.17) is 9.47 Å². The van der Waals surface area contributed by atoms with Gasteiger partial charge in [0.05, 0.1) is 20.4 Å². The second-order valence-corrected chi connectivity index (χ2v) is 5.48. The molecule has 0 saturated carbocycles. The molecule has 0 N–H and O–H groups in total. The summed E-state index contributed by atoms with van der Waals surface area (Å²) in [6.45, 7) is 0.253. The molecule has 0 aliphatic heterocycles. The van der Waals surface area contributed by atoms with Crippen LogP contribution in [0, 0.1) is 0 Å². The number of hydrogen-bond donors (Lipinski definition) is 0. The third kappa shape index (κ3) is 4.46. The molecule has 134 valence electrons. The van der Waals surface area contributed by atoms with E-state index in [0.29, 0.717) is 17.1 Å². The molecule has 0 aliphatic carbocycles. The first-order chi connectivity index (χ1) is 12.2. The maximum atomic E-state index is 12.2. The molecular weight excluding hydrogens is 396 g/mol. The van der Waals surface area contributed by atoms with Gasteiger partial charge in [-0.3, -0.25) is 4.79 Å². The molecule has 1 heterocycles. The van der Waals surface area contributed by atoms with Crippen LogP contribution in [0.3, 0.4) is 0 Å². The van der Waals surface area contributed by atoms with Gasteiger partial charge in [0.25, 0.3) is 6.33 Å². The van der Waals surface area contributed by atoms with Crippen LogP contribution in [-0.2, 0) is 6.54 Å². The largest absolute Gasteiger partial charge is 1.00 e. The fourth-order valence-corrected chi connectivity index (χ4v) is 2.53. The maximum absolute atomic E-state index is 12.2. The first-order valence-electron chi connectivity index (χ1n) is 7.87. The number of aromatic nitrogens is 2. The van der Waals surface area contributed by atoms with Crippen molar-refractivity contribution in [3.63, 3.8) is 0 Å². The third-order valence-corrected chi connectivity index (χ3v) is 3.87. The quantitative estimate of drug-likeness (QED) is 0.418. The minimum atomic E-state index is 0. The maximum Gasteiger partial charge on any atom is 0.287 e. The number of carbonyl (C=O) groups is 1. The van der Waals surface area contributed by atoms with Crippen LogP contribution < -0.4 is 31.0 Å². The van der Waals surface area contributed by atoms with Crippen molar-refractivity contribution in [2.45, 2.75) is 6.54 Å². The van der Waals surface area contributed by atoms with Crippen LogP contribution >= 0.6 is 0 Å². The third-order valence-electron chi connectivity index (χ3n) is 3.87. The van der Waals surface area contributed by atoms with Gasteiger partial charge in [0.1, 0.15) is 0 Å². The molecule has 6 heteroatoms. The molecule has 0 spiro atoms. The molecule has 3 rings (SSSR count). The molecule has 0 aliphatic rings. The molecule has 0 amide bonds. The number of ketones is 1. The van der Waals surface area contributed by atoms with Crippen molar-refractivity contribution in [3.05, 3.63) is 72.7 Å². The second kappa shape index (κ2) is 9.10. The van der Waals surface area contributed by atoms with Crippen LogP contribution in [0.5, 0.6) is 11.5 Å². The zero-order valence-electron chi connectivity index (χ0n) is 14.6. The van der Waals surface area contributed by atoms with Crippen molar-refractivity contribution in [2.75, 3.05) is 14.2 Å². The first kappa shape index (κ1) is 19.6. The molecule has 0 bridgehead atoms. The predicted molar refractivity (Wildman–Crippen MR) is 93.7 cm³/mol. The van der Waals surface area contributed by atoms with Gasteiger partial charge in [0.15, 0.2) is 23.7 Å². The number of hydrogen-bond acceptors (Lipinski definition) is 4. The minimum Gasteiger partial charge on any atom is -1.00 e. The summed E-state index contributed by atoms with van der Waals surface area (Å²) >= 11 is 0. The van der Waals surface area contributed by atoms with Gasteiger partial charge in [-0.1, -0.05) is 30.3 Å². The van der Waals surface area contributed by atoms with Crippen LogP contribution in [0.2, 0.25) is 0 Å². The van der Waals surface area contributed by atoms with Gasteiger partial charge in [-0.25, -0.2) is 4.57 Å². The van der Waals surface area contributed by atoms with Crippen molar-refractivity contribution in [1.29, 1.82) is 0 Å². The molecule has 0 unspecified atom stereocenters. The van der Waals surface area contributed by atoms with Gasteiger partial charge in [-0.2, -0.15) is 0 Å². The van der Waals surface area contributed by atoms with Gasteiger partial charge in [-0.15, -0.1) is 0 Å². The molecule has 2 aromatic carbocycles. The van der Waals surface area contributed by atoms with Crippen LogP contribution in [0.15, 0.2) is 67.1 Å². The SMILES string of the molecule is COc1ccc(-c2cc[n+](CC(=O)c3ccccc3)cn2)cc1OC.[Br-]. The van der Waals surface area contributed by atoms with Gasteiger partial charge in [0.2, 0.25) is 5.78 Å². The average Bonchev–Trinajstić information content (AvgIpc) is 2.68. The molecule has 0 saturated heterocycles. The highest BCUT2D eigenvalue weighted by molar-refractivity contribution is 5.94. The lowest BCUT2D eigenvalue weighted by Gasteiger charge is -2.08. The number of benzene rings is 2. The van der Waals surface area contributed by atoms with Crippen molar-refractivity contribution >= 4 is 5.78 Å². The van der Waals surface area contributed by atoms with Crippen molar-refractivity contribution in [2.24, 2.45) is 0 Å². The summed E-state index contributed by atoms with van der Waals surface area (Å²) in [5.41, 5.74) is 2.41. The van der Waals surface area contributed by atoms with E-state index in [2.05, 4.69) is 4.98 Å². The van der Waals surface area contributed by atoms with E-state index >= 15 is 0 Å². The van der Waals surface area contributed by atoms with E-state index in [1.165, 1.54) is 0 Å². The van der Waals surface area contributed by atoms with Crippen LogP contribution in [0.25, 0.3) is 11.3 Å². The molecule has 0 atom stereocenters. The Bertz CT molecular complexity index is 868. The molecule has 0 radical (unpaired) electrons. The summed E-state index contributed by atoms with van der Waals surface area (Å²) in [5.74, 6) is 1.37. The van der Waals surface area contributed by atoms with Gasteiger partial charge >= 0.3 is 0 Å². The number of halogens is 1. The van der Waals surface area contributed by atoms with Crippen molar-refractivity contribution < 1.29 is 35.8 Å². The Hall–Kier alpha value is -2.73. The Labute approximate surface area is 163 Å². The molecular formula is C20H19BrN2O3. The zero-order chi connectivity index (χ0) is 17.6. The van der Waals surface area contributed by atoms with Gasteiger partial charge < -0.3 is 26.5 Å². The van der Waals surface area contributed by atoms with Crippen LogP contribution in [-0.4, -0.2) is 25.0 Å². The summed E-state index contributed by atoms with van der Waals surface area (Å²) < 4.78 is 12.3. The second-order valence-electron chi connectivity index (χ2n) is 5.48.